The highest BCUT2D eigenvalue weighted by atomic mass is 16.5. The SMILES string of the molecule is C=CCN1C(=O)N[C@@H](c2ccc(C)cc2)C2=C1CN([C@@H](Cc1ccccc1)C(=O)N1CCOCC1)C2=O. The Morgan fingerprint density at radius 3 is 2.49 bits per heavy atom. The maximum absolute atomic E-state index is 14.1. The lowest BCUT2D eigenvalue weighted by Gasteiger charge is -2.35. The van der Waals surface area contributed by atoms with E-state index in [4.69, 9.17) is 4.74 Å². The van der Waals surface area contributed by atoms with E-state index >= 15 is 0 Å². The van der Waals surface area contributed by atoms with Crippen molar-refractivity contribution in [3.05, 3.63) is 95.2 Å². The molecule has 8 heteroatoms. The van der Waals surface area contributed by atoms with Gasteiger partial charge in [0.05, 0.1) is 37.1 Å². The Morgan fingerprint density at radius 2 is 1.81 bits per heavy atom. The molecule has 1 saturated heterocycles. The lowest BCUT2D eigenvalue weighted by molar-refractivity contribution is -0.145. The standard InChI is InChI=1S/C29H32N4O4/c1-3-13-32-24-19-33(28(35)25(24)26(30-29(32)36)22-11-9-20(2)10-12-22)23(18-21-7-5-4-6-8-21)27(34)31-14-16-37-17-15-31/h3-12,23,26H,1,13-19H2,2H3,(H,30,36)/t23-,26-/m0/s1. The Kier molecular flexibility index (Phi) is 7.10. The topological polar surface area (TPSA) is 82.2 Å². The van der Waals surface area contributed by atoms with Gasteiger partial charge in [-0.25, -0.2) is 4.79 Å². The summed E-state index contributed by atoms with van der Waals surface area (Å²) in [6.45, 7) is 8.19. The highest BCUT2D eigenvalue weighted by Gasteiger charge is 2.47. The molecule has 1 fully saturated rings. The molecule has 5 rings (SSSR count). The summed E-state index contributed by atoms with van der Waals surface area (Å²) in [4.78, 5) is 46.1. The minimum atomic E-state index is -0.696. The molecule has 3 heterocycles. The van der Waals surface area contributed by atoms with E-state index in [0.717, 1.165) is 16.7 Å². The monoisotopic (exact) mass is 500 g/mol. The molecule has 2 aromatic carbocycles. The van der Waals surface area contributed by atoms with Gasteiger partial charge < -0.3 is 19.9 Å². The maximum Gasteiger partial charge on any atom is 0.322 e. The highest BCUT2D eigenvalue weighted by Crippen LogP contribution is 2.37. The number of morpholine rings is 1. The average Bonchev–Trinajstić information content (AvgIpc) is 3.26. The fourth-order valence-corrected chi connectivity index (χ4v) is 5.26. The summed E-state index contributed by atoms with van der Waals surface area (Å²) in [5.74, 6) is -0.320. The first-order valence-corrected chi connectivity index (χ1v) is 12.7. The molecule has 0 aliphatic carbocycles. The van der Waals surface area contributed by atoms with Crippen LogP contribution in [0.2, 0.25) is 0 Å². The third-order valence-corrected chi connectivity index (χ3v) is 7.23. The minimum absolute atomic E-state index is 0.0956. The Morgan fingerprint density at radius 1 is 1.11 bits per heavy atom. The van der Waals surface area contributed by atoms with E-state index in [9.17, 15) is 14.4 Å². The minimum Gasteiger partial charge on any atom is -0.378 e. The normalized spacial score (nSPS) is 20.6. The van der Waals surface area contributed by atoms with Gasteiger partial charge in [-0.3, -0.25) is 14.5 Å². The van der Waals surface area contributed by atoms with Gasteiger partial charge in [0, 0.05) is 26.1 Å². The number of nitrogens with one attached hydrogen (secondary N) is 1. The van der Waals surface area contributed by atoms with Gasteiger partial charge >= 0.3 is 6.03 Å². The fraction of sp³-hybridized carbons (Fsp3) is 0.345. The number of nitrogens with zero attached hydrogens (tertiary/aromatic N) is 3. The number of hydrogen-bond acceptors (Lipinski definition) is 4. The second kappa shape index (κ2) is 10.6. The van der Waals surface area contributed by atoms with Crippen LogP contribution >= 0.6 is 0 Å². The lowest BCUT2D eigenvalue weighted by Crippen LogP contribution is -2.53. The van der Waals surface area contributed by atoms with Crippen LogP contribution in [-0.4, -0.2) is 78.0 Å². The van der Waals surface area contributed by atoms with Crippen molar-refractivity contribution in [3.8, 4) is 0 Å². The van der Waals surface area contributed by atoms with E-state index in [1.165, 1.54) is 0 Å². The number of amides is 4. The first-order chi connectivity index (χ1) is 18.0. The summed E-state index contributed by atoms with van der Waals surface area (Å²) in [7, 11) is 0. The number of carbonyl (C=O) groups excluding carboxylic acids is 3. The second-order valence-corrected chi connectivity index (χ2v) is 9.63. The number of urea groups is 1. The van der Waals surface area contributed by atoms with E-state index in [-0.39, 0.29) is 30.9 Å². The first-order valence-electron chi connectivity index (χ1n) is 12.7. The molecular formula is C29H32N4O4. The number of benzene rings is 2. The van der Waals surface area contributed by atoms with Crippen molar-refractivity contribution >= 4 is 17.8 Å². The van der Waals surface area contributed by atoms with Crippen LogP contribution in [0.5, 0.6) is 0 Å². The Hall–Kier alpha value is -3.91. The van der Waals surface area contributed by atoms with Crippen LogP contribution in [0.4, 0.5) is 4.79 Å². The molecule has 0 unspecified atom stereocenters. The third-order valence-electron chi connectivity index (χ3n) is 7.23. The van der Waals surface area contributed by atoms with Crippen molar-refractivity contribution in [1.29, 1.82) is 0 Å². The number of ether oxygens (including phenoxy) is 1. The van der Waals surface area contributed by atoms with Crippen molar-refractivity contribution in [2.24, 2.45) is 0 Å². The van der Waals surface area contributed by atoms with Gasteiger partial charge in [-0.05, 0) is 18.1 Å². The summed E-state index contributed by atoms with van der Waals surface area (Å²) in [5.41, 5.74) is 4.04. The largest absolute Gasteiger partial charge is 0.378 e. The van der Waals surface area contributed by atoms with Crippen molar-refractivity contribution in [3.63, 3.8) is 0 Å². The molecule has 0 saturated carbocycles. The fourth-order valence-electron chi connectivity index (χ4n) is 5.26. The lowest BCUT2D eigenvalue weighted by atomic mass is 9.94. The van der Waals surface area contributed by atoms with Crippen LogP contribution in [0, 0.1) is 6.92 Å². The van der Waals surface area contributed by atoms with Gasteiger partial charge in [0.15, 0.2) is 0 Å². The van der Waals surface area contributed by atoms with Crippen molar-refractivity contribution in [2.75, 3.05) is 39.4 Å². The van der Waals surface area contributed by atoms with Crippen molar-refractivity contribution < 1.29 is 19.1 Å². The maximum atomic E-state index is 14.1. The summed E-state index contributed by atoms with van der Waals surface area (Å²) in [6.07, 6.45) is 2.03. The van der Waals surface area contributed by atoms with E-state index < -0.39 is 12.1 Å². The quantitative estimate of drug-likeness (QED) is 0.593. The molecule has 0 aromatic heterocycles. The van der Waals surface area contributed by atoms with Crippen LogP contribution in [-0.2, 0) is 20.7 Å². The zero-order valence-electron chi connectivity index (χ0n) is 21.1. The van der Waals surface area contributed by atoms with Crippen molar-refractivity contribution in [1.82, 2.24) is 20.0 Å². The van der Waals surface area contributed by atoms with Crippen LogP contribution in [0.1, 0.15) is 22.7 Å². The third kappa shape index (κ3) is 4.89. The summed E-state index contributed by atoms with van der Waals surface area (Å²) in [5, 5.41) is 3.01. The number of carbonyl (C=O) groups is 3. The molecule has 2 aromatic rings. The zero-order chi connectivity index (χ0) is 25.9. The van der Waals surface area contributed by atoms with E-state index in [1.807, 2.05) is 61.5 Å². The number of hydrogen-bond donors (Lipinski definition) is 1. The summed E-state index contributed by atoms with van der Waals surface area (Å²) < 4.78 is 5.45. The van der Waals surface area contributed by atoms with Gasteiger partial charge in [-0.2, -0.15) is 0 Å². The van der Waals surface area contributed by atoms with Crippen LogP contribution in [0.25, 0.3) is 0 Å². The zero-order valence-corrected chi connectivity index (χ0v) is 21.1. The molecule has 8 nitrogen and oxygen atoms in total. The van der Waals surface area contributed by atoms with Gasteiger partial charge in [-0.15, -0.1) is 6.58 Å². The molecule has 4 amide bonds. The highest BCUT2D eigenvalue weighted by molar-refractivity contribution is 6.03. The number of aryl methyl sites for hydroxylation is 1. The molecule has 0 radical (unpaired) electrons. The van der Waals surface area contributed by atoms with E-state index in [2.05, 4.69) is 11.9 Å². The average molecular weight is 501 g/mol. The van der Waals surface area contributed by atoms with Crippen molar-refractivity contribution in [2.45, 2.75) is 25.4 Å². The molecule has 192 valence electrons. The molecule has 0 bridgehead atoms. The number of rotatable bonds is 7. The van der Waals surface area contributed by atoms with Crippen LogP contribution in [0.3, 0.4) is 0 Å². The van der Waals surface area contributed by atoms with Gasteiger partial charge in [0.2, 0.25) is 5.91 Å². The predicted octanol–water partition coefficient (Wildman–Crippen LogP) is 2.81. The van der Waals surface area contributed by atoms with Crippen LogP contribution in [0.15, 0.2) is 78.5 Å². The Balaban J connectivity index is 1.52. The molecule has 37 heavy (non-hydrogen) atoms. The molecular weight excluding hydrogens is 468 g/mol. The predicted molar refractivity (Wildman–Crippen MR) is 139 cm³/mol. The molecule has 3 aliphatic heterocycles. The Labute approximate surface area is 217 Å². The molecule has 2 atom stereocenters. The van der Waals surface area contributed by atoms with Crippen LogP contribution < -0.4 is 5.32 Å². The molecule has 1 N–H and O–H groups in total. The second-order valence-electron chi connectivity index (χ2n) is 9.63. The summed E-state index contributed by atoms with van der Waals surface area (Å²) >= 11 is 0. The van der Waals surface area contributed by atoms with Gasteiger partial charge in [-0.1, -0.05) is 66.2 Å². The van der Waals surface area contributed by atoms with E-state index in [1.54, 1.807) is 20.8 Å². The first kappa shape index (κ1) is 24.8. The van der Waals surface area contributed by atoms with E-state index in [0.29, 0.717) is 44.0 Å². The van der Waals surface area contributed by atoms with Gasteiger partial charge in [0.25, 0.3) is 5.91 Å². The van der Waals surface area contributed by atoms with Gasteiger partial charge in [0.1, 0.15) is 6.04 Å². The molecule has 0 spiro atoms. The summed E-state index contributed by atoms with van der Waals surface area (Å²) in [6, 6.07) is 16.0. The molecule has 3 aliphatic rings. The smallest absolute Gasteiger partial charge is 0.322 e. The Bertz CT molecular complexity index is 1220.